The van der Waals surface area contributed by atoms with Gasteiger partial charge >= 0.3 is 5.97 Å². The Labute approximate surface area is 73.8 Å². The molecular weight excluding hydrogens is 178 g/mol. The van der Waals surface area contributed by atoms with Crippen LogP contribution in [0, 0.1) is 5.82 Å². The van der Waals surface area contributed by atoms with Crippen LogP contribution in [-0.4, -0.2) is 11.1 Å². The van der Waals surface area contributed by atoms with Crippen LogP contribution in [0.5, 0.6) is 0 Å². The molecule has 1 N–H and O–H groups in total. The predicted octanol–water partition coefficient (Wildman–Crippen LogP) is 2.31. The topological polar surface area (TPSA) is 37.3 Å². The molecule has 13 heavy (non-hydrogen) atoms. The normalized spacial score (nSPS) is 12.5. The van der Waals surface area contributed by atoms with Gasteiger partial charge in [-0.15, -0.1) is 0 Å². The van der Waals surface area contributed by atoms with Gasteiger partial charge in [-0.3, -0.25) is 4.79 Å². The minimum absolute atomic E-state index is 0.0578. The van der Waals surface area contributed by atoms with Gasteiger partial charge in [-0.1, -0.05) is 12.1 Å². The van der Waals surface area contributed by atoms with Crippen molar-refractivity contribution in [3.63, 3.8) is 0 Å². The number of hydrogen-bond donors (Lipinski definition) is 1. The molecule has 0 aliphatic heterocycles. The van der Waals surface area contributed by atoms with E-state index in [0.29, 0.717) is 0 Å². The van der Waals surface area contributed by atoms with Crippen molar-refractivity contribution < 1.29 is 18.7 Å². The third-order valence-corrected chi connectivity index (χ3v) is 1.56. The van der Waals surface area contributed by atoms with E-state index in [4.69, 9.17) is 5.11 Å². The summed E-state index contributed by atoms with van der Waals surface area (Å²) in [5, 5.41) is 8.28. The zero-order valence-electron chi connectivity index (χ0n) is 6.71. The third kappa shape index (κ3) is 2.82. The molecule has 4 heteroatoms. The van der Waals surface area contributed by atoms with Crippen LogP contribution in [0.2, 0.25) is 0 Å². The van der Waals surface area contributed by atoms with Gasteiger partial charge in [0.25, 0.3) is 0 Å². The monoisotopic (exact) mass is 186 g/mol. The Bertz CT molecular complexity index is 312. The molecule has 0 radical (unpaired) electrons. The SMILES string of the molecule is O=C(O)CC(F)c1cccc(F)c1. The highest BCUT2D eigenvalue weighted by Gasteiger charge is 2.14. The highest BCUT2D eigenvalue weighted by molar-refractivity contribution is 5.67. The maximum Gasteiger partial charge on any atom is 0.306 e. The molecule has 0 bridgehead atoms. The zero-order valence-corrected chi connectivity index (χ0v) is 6.71. The first-order valence-corrected chi connectivity index (χ1v) is 3.71. The first-order valence-electron chi connectivity index (χ1n) is 3.71. The molecule has 1 rings (SSSR count). The van der Waals surface area contributed by atoms with Gasteiger partial charge in [0, 0.05) is 0 Å². The molecule has 1 atom stereocenters. The Hall–Kier alpha value is -1.45. The van der Waals surface area contributed by atoms with Crippen molar-refractivity contribution in [2.75, 3.05) is 0 Å². The zero-order chi connectivity index (χ0) is 9.84. The van der Waals surface area contributed by atoms with Crippen molar-refractivity contribution in [2.45, 2.75) is 12.6 Å². The lowest BCUT2D eigenvalue weighted by atomic mass is 10.1. The van der Waals surface area contributed by atoms with Gasteiger partial charge in [-0.25, -0.2) is 8.78 Å². The number of hydrogen-bond acceptors (Lipinski definition) is 1. The average molecular weight is 186 g/mol. The Balaban J connectivity index is 2.76. The minimum atomic E-state index is -1.65. The number of rotatable bonds is 3. The van der Waals surface area contributed by atoms with Gasteiger partial charge in [0.2, 0.25) is 0 Å². The number of alkyl halides is 1. The minimum Gasteiger partial charge on any atom is -0.481 e. The summed E-state index contributed by atoms with van der Waals surface area (Å²) in [5.74, 6) is -1.80. The summed E-state index contributed by atoms with van der Waals surface area (Å²) in [6.07, 6.45) is -2.28. The van der Waals surface area contributed by atoms with Crippen LogP contribution in [0.4, 0.5) is 8.78 Å². The molecule has 1 unspecified atom stereocenters. The van der Waals surface area contributed by atoms with E-state index in [1.165, 1.54) is 18.2 Å². The first-order chi connectivity index (χ1) is 6.09. The Morgan fingerprint density at radius 3 is 2.77 bits per heavy atom. The summed E-state index contributed by atoms with van der Waals surface area (Å²) < 4.78 is 25.6. The van der Waals surface area contributed by atoms with Gasteiger partial charge < -0.3 is 5.11 Å². The van der Waals surface area contributed by atoms with Crippen molar-refractivity contribution in [3.05, 3.63) is 35.6 Å². The lowest BCUT2D eigenvalue weighted by Crippen LogP contribution is -2.01. The van der Waals surface area contributed by atoms with Gasteiger partial charge in [0.1, 0.15) is 12.0 Å². The molecule has 0 amide bonds. The number of aliphatic carboxylic acids is 1. The molecule has 0 aliphatic rings. The van der Waals surface area contributed by atoms with Gasteiger partial charge in [-0.2, -0.15) is 0 Å². The maximum atomic E-state index is 13.0. The highest BCUT2D eigenvalue weighted by atomic mass is 19.1. The van der Waals surface area contributed by atoms with E-state index in [1.54, 1.807) is 0 Å². The summed E-state index contributed by atoms with van der Waals surface area (Å²) >= 11 is 0. The number of halogens is 2. The molecule has 0 aliphatic carbocycles. The van der Waals surface area contributed by atoms with Crippen molar-refractivity contribution in [1.82, 2.24) is 0 Å². The van der Waals surface area contributed by atoms with Crippen molar-refractivity contribution in [1.29, 1.82) is 0 Å². The summed E-state index contributed by atoms with van der Waals surface area (Å²) in [7, 11) is 0. The summed E-state index contributed by atoms with van der Waals surface area (Å²) in [6, 6.07) is 4.88. The molecule has 1 aromatic carbocycles. The van der Waals surface area contributed by atoms with Gasteiger partial charge in [0.15, 0.2) is 0 Å². The van der Waals surface area contributed by atoms with Crippen molar-refractivity contribution >= 4 is 5.97 Å². The molecule has 1 aromatic rings. The lowest BCUT2D eigenvalue weighted by molar-refractivity contribution is -0.138. The molecule has 0 saturated heterocycles. The number of carbonyl (C=O) groups is 1. The van der Waals surface area contributed by atoms with E-state index in [1.807, 2.05) is 0 Å². The second kappa shape index (κ2) is 3.98. The molecule has 0 saturated carbocycles. The van der Waals surface area contributed by atoms with Crippen molar-refractivity contribution in [3.8, 4) is 0 Å². The molecule has 0 fully saturated rings. The highest BCUT2D eigenvalue weighted by Crippen LogP contribution is 2.21. The fraction of sp³-hybridized carbons (Fsp3) is 0.222. The van der Waals surface area contributed by atoms with Crippen LogP contribution in [0.15, 0.2) is 24.3 Å². The van der Waals surface area contributed by atoms with E-state index < -0.39 is 24.4 Å². The van der Waals surface area contributed by atoms with Crippen LogP contribution in [-0.2, 0) is 4.79 Å². The molecule has 0 spiro atoms. The smallest absolute Gasteiger partial charge is 0.306 e. The van der Waals surface area contributed by atoms with E-state index in [-0.39, 0.29) is 5.56 Å². The summed E-state index contributed by atoms with van der Waals surface area (Å²) in [4.78, 5) is 10.1. The van der Waals surface area contributed by atoms with Gasteiger partial charge in [-0.05, 0) is 17.7 Å². The Morgan fingerprint density at radius 1 is 1.54 bits per heavy atom. The second-order valence-electron chi connectivity index (χ2n) is 2.62. The molecule has 2 nitrogen and oxygen atoms in total. The largest absolute Gasteiger partial charge is 0.481 e. The Kier molecular flexibility index (Phi) is 2.95. The van der Waals surface area contributed by atoms with E-state index in [2.05, 4.69) is 0 Å². The molecule has 70 valence electrons. The Morgan fingerprint density at radius 2 is 2.23 bits per heavy atom. The van der Waals surface area contributed by atoms with Crippen molar-refractivity contribution in [2.24, 2.45) is 0 Å². The standard InChI is InChI=1S/C9H8F2O2/c10-7-3-1-2-6(4-7)8(11)5-9(12)13/h1-4,8H,5H2,(H,12,13). The maximum absolute atomic E-state index is 13.0. The summed E-state index contributed by atoms with van der Waals surface area (Å²) in [5.41, 5.74) is 0.0578. The predicted molar refractivity (Wildman–Crippen MR) is 42.5 cm³/mol. The van der Waals surface area contributed by atoms with E-state index >= 15 is 0 Å². The lowest BCUT2D eigenvalue weighted by Gasteiger charge is -2.04. The first kappa shape index (κ1) is 9.64. The second-order valence-corrected chi connectivity index (χ2v) is 2.62. The fourth-order valence-electron chi connectivity index (χ4n) is 0.973. The van der Waals surface area contributed by atoms with E-state index in [9.17, 15) is 13.6 Å². The third-order valence-electron chi connectivity index (χ3n) is 1.56. The molecule has 0 heterocycles. The number of benzene rings is 1. The van der Waals surface area contributed by atoms with Crippen LogP contribution in [0.25, 0.3) is 0 Å². The van der Waals surface area contributed by atoms with Gasteiger partial charge in [0.05, 0.1) is 6.42 Å². The van der Waals surface area contributed by atoms with Crippen LogP contribution >= 0.6 is 0 Å². The van der Waals surface area contributed by atoms with Crippen LogP contribution < -0.4 is 0 Å². The quantitative estimate of drug-likeness (QED) is 0.786. The number of carboxylic acid groups (broad SMARTS) is 1. The average Bonchev–Trinajstić information content (AvgIpc) is 2.03. The molecule has 0 aromatic heterocycles. The van der Waals surface area contributed by atoms with Crippen LogP contribution in [0.1, 0.15) is 18.2 Å². The number of carboxylic acids is 1. The van der Waals surface area contributed by atoms with E-state index in [0.717, 1.165) is 6.07 Å². The fourth-order valence-corrected chi connectivity index (χ4v) is 0.973. The summed E-state index contributed by atoms with van der Waals surface area (Å²) in [6.45, 7) is 0. The molecular formula is C9H8F2O2. The van der Waals surface area contributed by atoms with Crippen LogP contribution in [0.3, 0.4) is 0 Å².